The van der Waals surface area contributed by atoms with Gasteiger partial charge >= 0.3 is 6.03 Å². The first-order chi connectivity index (χ1) is 14.1. The third kappa shape index (κ3) is 5.61. The molecule has 2 aromatic rings. The van der Waals surface area contributed by atoms with Gasteiger partial charge in [0.1, 0.15) is 24.2 Å². The van der Waals surface area contributed by atoms with Crippen molar-refractivity contribution in [1.82, 2.24) is 15.2 Å². The molecule has 0 aliphatic carbocycles. The predicted octanol–water partition coefficient (Wildman–Crippen LogP) is 2.95. The Bertz CT molecular complexity index is 880. The molecule has 29 heavy (non-hydrogen) atoms. The highest BCUT2D eigenvalue weighted by atomic mass is 16.5. The number of nitriles is 1. The summed E-state index contributed by atoms with van der Waals surface area (Å²) in [4.78, 5) is 20.9. The number of ether oxygens (including phenoxy) is 1. The molecular formula is C22H27N5O2. The van der Waals surface area contributed by atoms with Gasteiger partial charge in [0.15, 0.2) is 0 Å². The number of hydrogen-bond acceptors (Lipinski definition) is 5. The molecule has 0 spiro atoms. The number of nitrogens with one attached hydrogen (secondary N) is 1. The zero-order valence-electron chi connectivity index (χ0n) is 17.0. The standard InChI is InChI=1S/C22H27N5O2/c1-17-6-3-8-20(14-17)29-16-18(2)25-22(28)27-11-5-10-26(12-13-27)21-19(15-23)7-4-9-24-21/h3-4,6-9,14,18H,5,10-13,16H2,1-2H3,(H,25,28). The Kier molecular flexibility index (Phi) is 6.90. The van der Waals surface area contributed by atoms with E-state index in [-0.39, 0.29) is 12.1 Å². The Morgan fingerprint density at radius 1 is 1.28 bits per heavy atom. The van der Waals surface area contributed by atoms with Crippen molar-refractivity contribution < 1.29 is 9.53 Å². The van der Waals surface area contributed by atoms with Crippen molar-refractivity contribution in [3.63, 3.8) is 0 Å². The van der Waals surface area contributed by atoms with Crippen LogP contribution in [0.15, 0.2) is 42.6 Å². The van der Waals surface area contributed by atoms with Crippen molar-refractivity contribution in [2.75, 3.05) is 37.7 Å². The second kappa shape index (κ2) is 9.78. The molecule has 3 rings (SSSR count). The van der Waals surface area contributed by atoms with E-state index in [9.17, 15) is 10.1 Å². The van der Waals surface area contributed by atoms with E-state index in [1.807, 2.05) is 43.0 Å². The second-order valence-electron chi connectivity index (χ2n) is 7.29. The fourth-order valence-electron chi connectivity index (χ4n) is 3.34. The first kappa shape index (κ1) is 20.5. The first-order valence-corrected chi connectivity index (χ1v) is 9.92. The maximum atomic E-state index is 12.7. The number of urea groups is 1. The molecule has 1 saturated heterocycles. The predicted molar refractivity (Wildman–Crippen MR) is 112 cm³/mol. The molecule has 1 aliphatic rings. The number of pyridine rings is 1. The molecule has 2 amide bonds. The zero-order chi connectivity index (χ0) is 20.6. The quantitative estimate of drug-likeness (QED) is 0.845. The average molecular weight is 393 g/mol. The summed E-state index contributed by atoms with van der Waals surface area (Å²) >= 11 is 0. The SMILES string of the molecule is Cc1cccc(OCC(C)NC(=O)N2CCCN(c3ncccc3C#N)CC2)c1. The lowest BCUT2D eigenvalue weighted by atomic mass is 10.2. The van der Waals surface area contributed by atoms with Gasteiger partial charge in [0.05, 0.1) is 11.6 Å². The number of amides is 2. The molecule has 1 N–H and O–H groups in total. The Balaban J connectivity index is 1.50. The molecule has 1 aromatic heterocycles. The lowest BCUT2D eigenvalue weighted by Gasteiger charge is -2.25. The number of hydrogen-bond donors (Lipinski definition) is 1. The van der Waals surface area contributed by atoms with E-state index in [0.717, 1.165) is 24.3 Å². The van der Waals surface area contributed by atoms with E-state index < -0.39 is 0 Å². The Labute approximate surface area is 171 Å². The van der Waals surface area contributed by atoms with Gasteiger partial charge in [0.25, 0.3) is 0 Å². The number of carbonyl (C=O) groups excluding carboxylic acids is 1. The minimum atomic E-state index is -0.108. The van der Waals surface area contributed by atoms with E-state index in [4.69, 9.17) is 4.74 Å². The third-order valence-electron chi connectivity index (χ3n) is 4.85. The van der Waals surface area contributed by atoms with Crippen molar-refractivity contribution in [2.24, 2.45) is 0 Å². The number of aryl methyl sites for hydroxylation is 1. The number of anilines is 1. The number of nitrogens with zero attached hydrogens (tertiary/aromatic N) is 4. The molecule has 1 unspecified atom stereocenters. The number of rotatable bonds is 5. The summed E-state index contributed by atoms with van der Waals surface area (Å²) in [7, 11) is 0. The minimum Gasteiger partial charge on any atom is -0.491 e. The summed E-state index contributed by atoms with van der Waals surface area (Å²) in [6.07, 6.45) is 2.52. The summed E-state index contributed by atoms with van der Waals surface area (Å²) in [6.45, 7) is 7.03. The molecule has 0 bridgehead atoms. The van der Waals surface area contributed by atoms with Crippen LogP contribution in [0.4, 0.5) is 10.6 Å². The van der Waals surface area contributed by atoms with E-state index in [1.54, 1.807) is 18.3 Å². The second-order valence-corrected chi connectivity index (χ2v) is 7.29. The average Bonchev–Trinajstić information content (AvgIpc) is 2.98. The molecule has 7 nitrogen and oxygen atoms in total. The molecule has 1 aliphatic heterocycles. The highest BCUT2D eigenvalue weighted by Crippen LogP contribution is 2.18. The van der Waals surface area contributed by atoms with E-state index >= 15 is 0 Å². The van der Waals surface area contributed by atoms with Crippen LogP contribution < -0.4 is 15.0 Å². The lowest BCUT2D eigenvalue weighted by molar-refractivity contribution is 0.190. The summed E-state index contributed by atoms with van der Waals surface area (Å²) in [5, 5.41) is 12.3. The van der Waals surface area contributed by atoms with Gasteiger partial charge in [-0.05, 0) is 50.1 Å². The van der Waals surface area contributed by atoms with Gasteiger partial charge in [0, 0.05) is 32.4 Å². The summed E-state index contributed by atoms with van der Waals surface area (Å²) < 4.78 is 5.78. The fraction of sp³-hybridized carbons (Fsp3) is 0.409. The van der Waals surface area contributed by atoms with Crippen molar-refractivity contribution in [1.29, 1.82) is 5.26 Å². The fourth-order valence-corrected chi connectivity index (χ4v) is 3.34. The lowest BCUT2D eigenvalue weighted by Crippen LogP contribution is -2.47. The molecule has 1 aromatic carbocycles. The molecule has 1 fully saturated rings. The maximum Gasteiger partial charge on any atom is 0.317 e. The van der Waals surface area contributed by atoms with Crippen LogP contribution >= 0.6 is 0 Å². The number of carbonyl (C=O) groups is 1. The van der Waals surface area contributed by atoms with Crippen LogP contribution in [0.5, 0.6) is 5.75 Å². The third-order valence-corrected chi connectivity index (χ3v) is 4.85. The zero-order valence-corrected chi connectivity index (χ0v) is 17.0. The van der Waals surface area contributed by atoms with Gasteiger partial charge in [-0.2, -0.15) is 5.26 Å². The summed E-state index contributed by atoms with van der Waals surface area (Å²) in [5.74, 6) is 1.50. The van der Waals surface area contributed by atoms with Gasteiger partial charge < -0.3 is 19.9 Å². The van der Waals surface area contributed by atoms with Gasteiger partial charge in [0.2, 0.25) is 0 Å². The Morgan fingerprint density at radius 2 is 2.14 bits per heavy atom. The molecular weight excluding hydrogens is 366 g/mol. The number of aromatic nitrogens is 1. The normalized spacial score (nSPS) is 15.2. The topological polar surface area (TPSA) is 81.5 Å². The molecule has 1 atom stereocenters. The highest BCUT2D eigenvalue weighted by molar-refractivity contribution is 5.74. The van der Waals surface area contributed by atoms with Gasteiger partial charge in [-0.25, -0.2) is 9.78 Å². The molecule has 152 valence electrons. The van der Waals surface area contributed by atoms with Gasteiger partial charge in [-0.15, -0.1) is 0 Å². The van der Waals surface area contributed by atoms with Crippen LogP contribution in [-0.4, -0.2) is 54.7 Å². The van der Waals surface area contributed by atoms with Crippen molar-refractivity contribution in [3.05, 3.63) is 53.7 Å². The van der Waals surface area contributed by atoms with Gasteiger partial charge in [-0.3, -0.25) is 0 Å². The summed E-state index contributed by atoms with van der Waals surface area (Å²) in [5.41, 5.74) is 1.70. The maximum absolute atomic E-state index is 12.7. The van der Waals surface area contributed by atoms with Crippen LogP contribution in [-0.2, 0) is 0 Å². The van der Waals surface area contributed by atoms with Crippen molar-refractivity contribution in [3.8, 4) is 11.8 Å². The monoisotopic (exact) mass is 393 g/mol. The van der Waals surface area contributed by atoms with Crippen LogP contribution in [0.25, 0.3) is 0 Å². The van der Waals surface area contributed by atoms with Crippen LogP contribution in [0.1, 0.15) is 24.5 Å². The van der Waals surface area contributed by atoms with Crippen molar-refractivity contribution >= 4 is 11.8 Å². The van der Waals surface area contributed by atoms with E-state index in [2.05, 4.69) is 21.3 Å². The summed E-state index contributed by atoms with van der Waals surface area (Å²) in [6, 6.07) is 13.4. The highest BCUT2D eigenvalue weighted by Gasteiger charge is 2.22. The van der Waals surface area contributed by atoms with Crippen LogP contribution in [0.2, 0.25) is 0 Å². The molecule has 7 heteroatoms. The minimum absolute atomic E-state index is 0.0891. The van der Waals surface area contributed by atoms with Crippen molar-refractivity contribution in [2.45, 2.75) is 26.3 Å². The van der Waals surface area contributed by atoms with Crippen LogP contribution in [0, 0.1) is 18.3 Å². The van der Waals surface area contributed by atoms with E-state index in [0.29, 0.717) is 37.6 Å². The molecule has 2 heterocycles. The first-order valence-electron chi connectivity index (χ1n) is 9.92. The Morgan fingerprint density at radius 3 is 2.93 bits per heavy atom. The molecule has 0 radical (unpaired) electrons. The van der Waals surface area contributed by atoms with Crippen LogP contribution in [0.3, 0.4) is 0 Å². The largest absolute Gasteiger partial charge is 0.491 e. The molecule has 0 saturated carbocycles. The Hall–Kier alpha value is -3.27. The smallest absolute Gasteiger partial charge is 0.317 e. The van der Waals surface area contributed by atoms with Gasteiger partial charge in [-0.1, -0.05) is 12.1 Å². The number of benzene rings is 1. The van der Waals surface area contributed by atoms with E-state index in [1.165, 1.54) is 0 Å².